The molecule has 3 N–H and O–H groups in total. The molecule has 60 valence electrons. The van der Waals surface area contributed by atoms with Crippen LogP contribution >= 0.6 is 0 Å². The average molecular weight is 152 g/mol. The number of aromatic nitrogens is 1. The molecule has 0 spiro atoms. The highest BCUT2D eigenvalue weighted by Crippen LogP contribution is 1.98. The summed E-state index contributed by atoms with van der Waals surface area (Å²) in [4.78, 5) is 3.88. The molecule has 1 aromatic rings. The molecule has 0 radical (unpaired) electrons. The summed E-state index contributed by atoms with van der Waals surface area (Å²) in [5, 5.41) is 8.66. The molecule has 0 saturated heterocycles. The van der Waals surface area contributed by atoms with E-state index < -0.39 is 0 Å². The second-order valence-corrected chi connectivity index (χ2v) is 2.50. The molecule has 3 heteroatoms. The number of nitrogens with two attached hydrogens (primary N) is 1. The zero-order valence-electron chi connectivity index (χ0n) is 6.27. The molecule has 0 saturated carbocycles. The van der Waals surface area contributed by atoms with Gasteiger partial charge < -0.3 is 10.8 Å². The lowest BCUT2D eigenvalue weighted by Gasteiger charge is -2.06. The summed E-state index contributed by atoms with van der Waals surface area (Å²) in [5.74, 6) is 0. The minimum atomic E-state index is -0.155. The van der Waals surface area contributed by atoms with E-state index in [9.17, 15) is 0 Å². The molecular weight excluding hydrogens is 140 g/mol. The van der Waals surface area contributed by atoms with E-state index in [1.54, 1.807) is 12.4 Å². The third kappa shape index (κ3) is 2.65. The van der Waals surface area contributed by atoms with Gasteiger partial charge in [-0.2, -0.15) is 0 Å². The quantitative estimate of drug-likeness (QED) is 0.638. The summed E-state index contributed by atoms with van der Waals surface area (Å²) in [6.07, 6.45) is 4.15. The molecule has 1 atom stereocenters. The van der Waals surface area contributed by atoms with Gasteiger partial charge in [0.05, 0.1) is 6.61 Å². The van der Waals surface area contributed by atoms with Crippen molar-refractivity contribution in [2.75, 3.05) is 6.61 Å². The Morgan fingerprint density at radius 3 is 2.64 bits per heavy atom. The van der Waals surface area contributed by atoms with Crippen LogP contribution in [0.3, 0.4) is 0 Å². The molecule has 0 bridgehead atoms. The van der Waals surface area contributed by atoms with Crippen LogP contribution in [0.4, 0.5) is 0 Å². The second kappa shape index (κ2) is 4.05. The lowest BCUT2D eigenvalue weighted by atomic mass is 10.1. The van der Waals surface area contributed by atoms with Gasteiger partial charge in [-0.3, -0.25) is 4.98 Å². The highest BCUT2D eigenvalue weighted by molar-refractivity contribution is 5.10. The zero-order chi connectivity index (χ0) is 8.10. The van der Waals surface area contributed by atoms with Crippen molar-refractivity contribution >= 4 is 0 Å². The Morgan fingerprint density at radius 1 is 1.45 bits per heavy atom. The van der Waals surface area contributed by atoms with Gasteiger partial charge in [-0.15, -0.1) is 0 Å². The summed E-state index contributed by atoms with van der Waals surface area (Å²) in [7, 11) is 0. The van der Waals surface area contributed by atoms with Gasteiger partial charge in [-0.1, -0.05) is 0 Å². The van der Waals surface area contributed by atoms with E-state index in [4.69, 9.17) is 10.8 Å². The van der Waals surface area contributed by atoms with E-state index in [1.807, 2.05) is 12.1 Å². The number of hydrogen-bond donors (Lipinski definition) is 2. The lowest BCUT2D eigenvalue weighted by Crippen LogP contribution is -2.26. The molecule has 0 fully saturated rings. The van der Waals surface area contributed by atoms with Crippen LogP contribution in [0.1, 0.15) is 5.56 Å². The minimum absolute atomic E-state index is 0.0301. The van der Waals surface area contributed by atoms with Crippen LogP contribution in [0.2, 0.25) is 0 Å². The molecular formula is C8H12N2O. The molecule has 1 heterocycles. The van der Waals surface area contributed by atoms with Gasteiger partial charge in [0.2, 0.25) is 0 Å². The first-order valence-electron chi connectivity index (χ1n) is 3.58. The first kappa shape index (κ1) is 8.17. The van der Waals surface area contributed by atoms with Crippen molar-refractivity contribution in [3.8, 4) is 0 Å². The molecule has 0 aliphatic rings. The molecule has 1 unspecified atom stereocenters. The third-order valence-corrected chi connectivity index (χ3v) is 1.48. The predicted molar refractivity (Wildman–Crippen MR) is 43.0 cm³/mol. The largest absolute Gasteiger partial charge is 0.395 e. The Bertz CT molecular complexity index is 201. The third-order valence-electron chi connectivity index (χ3n) is 1.48. The lowest BCUT2D eigenvalue weighted by molar-refractivity contribution is 0.265. The monoisotopic (exact) mass is 152 g/mol. The van der Waals surface area contributed by atoms with Crippen LogP contribution in [0, 0.1) is 0 Å². The maximum Gasteiger partial charge on any atom is 0.0585 e. The first-order valence-corrected chi connectivity index (χ1v) is 3.58. The van der Waals surface area contributed by atoms with E-state index >= 15 is 0 Å². The maximum atomic E-state index is 8.66. The Morgan fingerprint density at radius 2 is 2.09 bits per heavy atom. The Balaban J connectivity index is 2.51. The van der Waals surface area contributed by atoms with Crippen molar-refractivity contribution < 1.29 is 5.11 Å². The normalized spacial score (nSPS) is 12.9. The van der Waals surface area contributed by atoms with Crippen molar-refractivity contribution in [3.05, 3.63) is 30.1 Å². The second-order valence-electron chi connectivity index (χ2n) is 2.50. The molecule has 0 aromatic carbocycles. The topological polar surface area (TPSA) is 59.1 Å². The fourth-order valence-electron chi connectivity index (χ4n) is 0.886. The summed E-state index contributed by atoms with van der Waals surface area (Å²) < 4.78 is 0. The van der Waals surface area contributed by atoms with Gasteiger partial charge in [0.15, 0.2) is 0 Å². The average Bonchev–Trinajstić information content (AvgIpc) is 2.06. The molecule has 1 aromatic heterocycles. The summed E-state index contributed by atoms with van der Waals surface area (Å²) in [6, 6.07) is 3.64. The Kier molecular flexibility index (Phi) is 3.01. The minimum Gasteiger partial charge on any atom is -0.395 e. The number of aliphatic hydroxyl groups excluding tert-OH is 1. The fraction of sp³-hybridized carbons (Fsp3) is 0.375. The number of pyridine rings is 1. The van der Waals surface area contributed by atoms with Crippen LogP contribution in [-0.4, -0.2) is 22.7 Å². The highest BCUT2D eigenvalue weighted by Gasteiger charge is 2.00. The summed E-state index contributed by atoms with van der Waals surface area (Å²) in [5.41, 5.74) is 6.65. The van der Waals surface area contributed by atoms with E-state index in [1.165, 1.54) is 0 Å². The van der Waals surface area contributed by atoms with Crippen molar-refractivity contribution in [1.29, 1.82) is 0 Å². The summed E-state index contributed by atoms with van der Waals surface area (Å²) in [6.45, 7) is 0.0301. The number of nitrogens with zero attached hydrogens (tertiary/aromatic N) is 1. The molecule has 0 aliphatic carbocycles. The number of hydrogen-bond acceptors (Lipinski definition) is 3. The van der Waals surface area contributed by atoms with Gasteiger partial charge in [-0.05, 0) is 24.1 Å². The van der Waals surface area contributed by atoms with Crippen molar-refractivity contribution in [2.45, 2.75) is 12.5 Å². The van der Waals surface area contributed by atoms with Gasteiger partial charge in [0.1, 0.15) is 0 Å². The molecule has 0 amide bonds. The smallest absolute Gasteiger partial charge is 0.0585 e. The van der Waals surface area contributed by atoms with Gasteiger partial charge in [-0.25, -0.2) is 0 Å². The van der Waals surface area contributed by atoms with Crippen molar-refractivity contribution in [1.82, 2.24) is 4.98 Å². The SMILES string of the molecule is NC(CO)Cc1ccncc1. The highest BCUT2D eigenvalue weighted by atomic mass is 16.3. The van der Waals surface area contributed by atoms with Crippen LogP contribution in [-0.2, 0) is 6.42 Å². The molecule has 3 nitrogen and oxygen atoms in total. The predicted octanol–water partition coefficient (Wildman–Crippen LogP) is -0.0563. The van der Waals surface area contributed by atoms with Gasteiger partial charge in [0, 0.05) is 18.4 Å². The van der Waals surface area contributed by atoms with Crippen LogP contribution < -0.4 is 5.73 Å². The Labute approximate surface area is 65.9 Å². The Hall–Kier alpha value is -0.930. The van der Waals surface area contributed by atoms with E-state index in [0.717, 1.165) is 5.56 Å². The van der Waals surface area contributed by atoms with E-state index in [-0.39, 0.29) is 12.6 Å². The zero-order valence-corrected chi connectivity index (χ0v) is 6.27. The fourth-order valence-corrected chi connectivity index (χ4v) is 0.886. The number of aliphatic hydroxyl groups is 1. The standard InChI is InChI=1S/C8H12N2O/c9-8(6-11)5-7-1-3-10-4-2-7/h1-4,8,11H,5-6,9H2. The first-order chi connectivity index (χ1) is 5.33. The molecule has 1 rings (SSSR count). The molecule has 11 heavy (non-hydrogen) atoms. The van der Waals surface area contributed by atoms with Crippen LogP contribution in [0.15, 0.2) is 24.5 Å². The van der Waals surface area contributed by atoms with Crippen LogP contribution in [0.5, 0.6) is 0 Å². The van der Waals surface area contributed by atoms with E-state index in [2.05, 4.69) is 4.98 Å². The van der Waals surface area contributed by atoms with Crippen LogP contribution in [0.25, 0.3) is 0 Å². The van der Waals surface area contributed by atoms with Crippen molar-refractivity contribution in [2.24, 2.45) is 5.73 Å². The van der Waals surface area contributed by atoms with E-state index in [0.29, 0.717) is 6.42 Å². The number of rotatable bonds is 3. The molecule has 0 aliphatic heterocycles. The van der Waals surface area contributed by atoms with Gasteiger partial charge >= 0.3 is 0 Å². The van der Waals surface area contributed by atoms with Gasteiger partial charge in [0.25, 0.3) is 0 Å². The van der Waals surface area contributed by atoms with Crippen molar-refractivity contribution in [3.63, 3.8) is 0 Å². The summed E-state index contributed by atoms with van der Waals surface area (Å²) >= 11 is 0. The maximum absolute atomic E-state index is 8.66.